The average molecular weight is 315 g/mol. The second kappa shape index (κ2) is 7.32. The van der Waals surface area contributed by atoms with Crippen LogP contribution in [0.4, 0.5) is 0 Å². The van der Waals surface area contributed by atoms with Gasteiger partial charge in [-0.05, 0) is 24.0 Å². The van der Waals surface area contributed by atoms with Crippen LogP contribution in [-0.4, -0.2) is 14.8 Å². The third-order valence-corrected chi connectivity index (χ3v) is 5.81. The standard InChI is InChI=1S/C18H25N3S/c1-14-8-6-7-11-16(14)13-22-18-20-19-17(21(18)2)12-15-9-4-3-5-10-15/h6-8,11,15H,3-5,9-10,12-13H2,1-2H3. The molecule has 0 spiro atoms. The molecule has 1 saturated carbocycles. The van der Waals surface area contributed by atoms with Gasteiger partial charge in [0.05, 0.1) is 0 Å². The summed E-state index contributed by atoms with van der Waals surface area (Å²) in [5.74, 6) is 2.92. The van der Waals surface area contributed by atoms with Gasteiger partial charge in [-0.3, -0.25) is 0 Å². The van der Waals surface area contributed by atoms with Crippen molar-refractivity contribution in [3.05, 3.63) is 41.2 Å². The molecule has 0 radical (unpaired) electrons. The van der Waals surface area contributed by atoms with Gasteiger partial charge in [-0.15, -0.1) is 10.2 Å². The average Bonchev–Trinajstić information content (AvgIpc) is 2.88. The van der Waals surface area contributed by atoms with Crippen molar-refractivity contribution >= 4 is 11.8 Å². The van der Waals surface area contributed by atoms with E-state index in [0.29, 0.717) is 0 Å². The van der Waals surface area contributed by atoms with Crippen LogP contribution in [0, 0.1) is 12.8 Å². The molecule has 0 aliphatic heterocycles. The summed E-state index contributed by atoms with van der Waals surface area (Å²) < 4.78 is 2.19. The van der Waals surface area contributed by atoms with Crippen LogP contribution in [0.25, 0.3) is 0 Å². The zero-order chi connectivity index (χ0) is 15.4. The fraction of sp³-hybridized carbons (Fsp3) is 0.556. The van der Waals surface area contributed by atoms with Crippen molar-refractivity contribution in [2.75, 3.05) is 0 Å². The van der Waals surface area contributed by atoms with Gasteiger partial charge < -0.3 is 4.57 Å². The van der Waals surface area contributed by atoms with Gasteiger partial charge >= 0.3 is 0 Å². The molecule has 0 N–H and O–H groups in total. The van der Waals surface area contributed by atoms with E-state index in [4.69, 9.17) is 0 Å². The molecule has 4 heteroatoms. The number of aryl methyl sites for hydroxylation is 1. The molecule has 1 fully saturated rings. The van der Waals surface area contributed by atoms with Crippen LogP contribution >= 0.6 is 11.8 Å². The highest BCUT2D eigenvalue weighted by Gasteiger charge is 2.18. The molecule has 0 atom stereocenters. The summed E-state index contributed by atoms with van der Waals surface area (Å²) >= 11 is 1.79. The molecule has 22 heavy (non-hydrogen) atoms. The predicted molar refractivity (Wildman–Crippen MR) is 92.0 cm³/mol. The molecule has 118 valence electrons. The minimum atomic E-state index is 0.811. The molecule has 1 aromatic carbocycles. The van der Waals surface area contributed by atoms with Crippen molar-refractivity contribution in [2.24, 2.45) is 13.0 Å². The monoisotopic (exact) mass is 315 g/mol. The van der Waals surface area contributed by atoms with Crippen molar-refractivity contribution in [1.82, 2.24) is 14.8 Å². The van der Waals surface area contributed by atoms with Gasteiger partial charge in [0.25, 0.3) is 0 Å². The molecule has 1 aliphatic rings. The maximum atomic E-state index is 4.44. The van der Waals surface area contributed by atoms with Gasteiger partial charge in [0.2, 0.25) is 0 Å². The lowest BCUT2D eigenvalue weighted by atomic mass is 9.87. The van der Waals surface area contributed by atoms with Crippen LogP contribution in [0.1, 0.15) is 49.1 Å². The van der Waals surface area contributed by atoms with Crippen molar-refractivity contribution in [2.45, 2.75) is 56.4 Å². The number of hydrogen-bond donors (Lipinski definition) is 0. The lowest BCUT2D eigenvalue weighted by Crippen LogP contribution is -2.12. The topological polar surface area (TPSA) is 30.7 Å². The third kappa shape index (κ3) is 3.72. The molecule has 3 rings (SSSR count). The largest absolute Gasteiger partial charge is 0.309 e. The Balaban J connectivity index is 1.62. The molecule has 2 aromatic rings. The lowest BCUT2D eigenvalue weighted by Gasteiger charge is -2.20. The smallest absolute Gasteiger partial charge is 0.191 e. The summed E-state index contributed by atoms with van der Waals surface area (Å²) in [5, 5.41) is 9.87. The summed E-state index contributed by atoms with van der Waals surface area (Å²) in [7, 11) is 2.11. The van der Waals surface area contributed by atoms with E-state index in [9.17, 15) is 0 Å². The van der Waals surface area contributed by atoms with Crippen LogP contribution in [0.5, 0.6) is 0 Å². The van der Waals surface area contributed by atoms with Crippen molar-refractivity contribution in [3.63, 3.8) is 0 Å². The highest BCUT2D eigenvalue weighted by atomic mass is 32.2. The fourth-order valence-corrected chi connectivity index (χ4v) is 4.22. The second-order valence-electron chi connectivity index (χ2n) is 6.38. The van der Waals surface area contributed by atoms with Gasteiger partial charge in [0.15, 0.2) is 5.16 Å². The van der Waals surface area contributed by atoms with E-state index in [2.05, 4.69) is 53.0 Å². The minimum Gasteiger partial charge on any atom is -0.309 e. The van der Waals surface area contributed by atoms with E-state index >= 15 is 0 Å². The molecule has 0 unspecified atom stereocenters. The molecule has 1 aliphatic carbocycles. The summed E-state index contributed by atoms with van der Waals surface area (Å²) in [6.07, 6.45) is 7.99. The first kappa shape index (κ1) is 15.6. The Bertz CT molecular complexity index is 615. The van der Waals surface area contributed by atoms with Gasteiger partial charge in [0.1, 0.15) is 5.82 Å². The SMILES string of the molecule is Cc1ccccc1CSc1nnc(CC2CCCCC2)n1C. The zero-order valence-electron chi connectivity index (χ0n) is 13.6. The maximum Gasteiger partial charge on any atom is 0.191 e. The van der Waals surface area contributed by atoms with Crippen LogP contribution in [0.3, 0.4) is 0 Å². The van der Waals surface area contributed by atoms with Crippen LogP contribution in [0.15, 0.2) is 29.4 Å². The molecule has 3 nitrogen and oxygen atoms in total. The Labute approximate surface area is 137 Å². The summed E-state index contributed by atoms with van der Waals surface area (Å²) in [4.78, 5) is 0. The lowest BCUT2D eigenvalue weighted by molar-refractivity contribution is 0.348. The molecule has 0 saturated heterocycles. The fourth-order valence-electron chi connectivity index (χ4n) is 3.21. The number of benzene rings is 1. The molecule has 0 bridgehead atoms. The highest BCUT2D eigenvalue weighted by Crippen LogP contribution is 2.28. The normalized spacial score (nSPS) is 16.1. The first-order chi connectivity index (χ1) is 10.7. The Morgan fingerprint density at radius 1 is 1.14 bits per heavy atom. The molecular formula is C18H25N3S. The summed E-state index contributed by atoms with van der Waals surface area (Å²) in [5.41, 5.74) is 2.73. The van der Waals surface area contributed by atoms with Crippen molar-refractivity contribution < 1.29 is 0 Å². The first-order valence-corrected chi connectivity index (χ1v) is 9.28. The van der Waals surface area contributed by atoms with Gasteiger partial charge in [-0.1, -0.05) is 68.1 Å². The van der Waals surface area contributed by atoms with E-state index in [1.165, 1.54) is 43.2 Å². The van der Waals surface area contributed by atoms with E-state index in [-0.39, 0.29) is 0 Å². The van der Waals surface area contributed by atoms with E-state index in [0.717, 1.165) is 29.1 Å². The Morgan fingerprint density at radius 3 is 2.68 bits per heavy atom. The summed E-state index contributed by atoms with van der Waals surface area (Å²) in [6.45, 7) is 2.17. The Morgan fingerprint density at radius 2 is 1.91 bits per heavy atom. The third-order valence-electron chi connectivity index (χ3n) is 4.74. The molecular weight excluding hydrogens is 290 g/mol. The van der Waals surface area contributed by atoms with Gasteiger partial charge in [0, 0.05) is 19.2 Å². The number of thioether (sulfide) groups is 1. The summed E-state index contributed by atoms with van der Waals surface area (Å²) in [6, 6.07) is 8.56. The quantitative estimate of drug-likeness (QED) is 0.759. The van der Waals surface area contributed by atoms with Crippen molar-refractivity contribution in [3.8, 4) is 0 Å². The minimum absolute atomic E-state index is 0.811. The van der Waals surface area contributed by atoms with E-state index < -0.39 is 0 Å². The Hall–Kier alpha value is -1.29. The molecule has 0 amide bonds. The van der Waals surface area contributed by atoms with Crippen LogP contribution < -0.4 is 0 Å². The van der Waals surface area contributed by atoms with E-state index in [1.807, 2.05) is 0 Å². The van der Waals surface area contributed by atoms with Crippen LogP contribution in [0.2, 0.25) is 0 Å². The van der Waals surface area contributed by atoms with Gasteiger partial charge in [-0.25, -0.2) is 0 Å². The number of hydrogen-bond acceptors (Lipinski definition) is 3. The number of nitrogens with zero attached hydrogens (tertiary/aromatic N) is 3. The van der Waals surface area contributed by atoms with Gasteiger partial charge in [-0.2, -0.15) is 0 Å². The maximum absolute atomic E-state index is 4.44. The van der Waals surface area contributed by atoms with Crippen LogP contribution in [-0.2, 0) is 19.2 Å². The zero-order valence-corrected chi connectivity index (χ0v) is 14.4. The molecule has 1 aromatic heterocycles. The van der Waals surface area contributed by atoms with E-state index in [1.54, 1.807) is 11.8 Å². The molecule has 1 heterocycles. The number of rotatable bonds is 5. The highest BCUT2D eigenvalue weighted by molar-refractivity contribution is 7.98. The predicted octanol–water partition coefficient (Wildman–Crippen LogP) is 4.54. The first-order valence-electron chi connectivity index (χ1n) is 8.29. The Kier molecular flexibility index (Phi) is 5.19. The second-order valence-corrected chi connectivity index (χ2v) is 7.32. The number of aromatic nitrogens is 3. The van der Waals surface area contributed by atoms with Crippen molar-refractivity contribution in [1.29, 1.82) is 0 Å².